The molecule has 1 fully saturated rings. The van der Waals surface area contributed by atoms with Gasteiger partial charge in [0.25, 0.3) is 5.91 Å². The van der Waals surface area contributed by atoms with Crippen molar-refractivity contribution in [3.05, 3.63) is 29.8 Å². The molecule has 1 heterocycles. The van der Waals surface area contributed by atoms with Crippen molar-refractivity contribution in [3.63, 3.8) is 0 Å². The molecule has 2 rings (SSSR count). The van der Waals surface area contributed by atoms with Crippen molar-refractivity contribution >= 4 is 17.5 Å². The Kier molecular flexibility index (Phi) is 9.05. The number of morpholine rings is 1. The predicted octanol–water partition coefficient (Wildman–Crippen LogP) is -0.0769. The number of amides is 2. The van der Waals surface area contributed by atoms with E-state index < -0.39 is 0 Å². The van der Waals surface area contributed by atoms with Gasteiger partial charge in [-0.15, -0.1) is 0 Å². The highest BCUT2D eigenvalue weighted by Gasteiger charge is 2.11. The lowest BCUT2D eigenvalue weighted by Crippen LogP contribution is -2.41. The van der Waals surface area contributed by atoms with E-state index in [1.807, 2.05) is 0 Å². The second kappa shape index (κ2) is 11.6. The number of nitrogens with zero attached hydrogens (tertiary/aromatic N) is 1. The van der Waals surface area contributed by atoms with Gasteiger partial charge in [-0.05, 0) is 24.3 Å². The minimum Gasteiger partial charge on any atom is -0.383 e. The zero-order valence-electron chi connectivity index (χ0n) is 15.3. The fourth-order valence-electron chi connectivity index (χ4n) is 2.54. The molecule has 0 radical (unpaired) electrons. The Labute approximate surface area is 154 Å². The van der Waals surface area contributed by atoms with Gasteiger partial charge in [0.2, 0.25) is 5.91 Å². The minimum absolute atomic E-state index is 0.114. The standard InChI is InChI=1S/C18H28N4O4/c1-25-11-7-19-14-17(23)21-16-4-2-15(3-5-16)18(24)20-6-8-22-9-12-26-13-10-22/h2-5,19H,6-14H2,1H3,(H,20,24)(H,21,23). The van der Waals surface area contributed by atoms with Gasteiger partial charge < -0.3 is 25.4 Å². The summed E-state index contributed by atoms with van der Waals surface area (Å²) in [6.45, 7) is 6.13. The molecule has 8 nitrogen and oxygen atoms in total. The lowest BCUT2D eigenvalue weighted by atomic mass is 10.2. The summed E-state index contributed by atoms with van der Waals surface area (Å²) in [7, 11) is 1.61. The van der Waals surface area contributed by atoms with Crippen LogP contribution in [0.25, 0.3) is 0 Å². The third-order valence-electron chi connectivity index (χ3n) is 4.02. The topological polar surface area (TPSA) is 91.9 Å². The van der Waals surface area contributed by atoms with Crippen LogP contribution in [0.5, 0.6) is 0 Å². The molecule has 144 valence electrons. The Bertz CT molecular complexity index is 559. The van der Waals surface area contributed by atoms with E-state index in [1.54, 1.807) is 31.4 Å². The molecular weight excluding hydrogens is 336 g/mol. The maximum absolute atomic E-state index is 12.2. The summed E-state index contributed by atoms with van der Waals surface area (Å²) in [6.07, 6.45) is 0. The minimum atomic E-state index is -0.135. The van der Waals surface area contributed by atoms with Crippen molar-refractivity contribution in [1.29, 1.82) is 0 Å². The van der Waals surface area contributed by atoms with Crippen LogP contribution in [0, 0.1) is 0 Å². The van der Waals surface area contributed by atoms with Crippen molar-refractivity contribution in [2.24, 2.45) is 0 Å². The number of carbonyl (C=O) groups is 2. The molecule has 1 saturated heterocycles. The number of ether oxygens (including phenoxy) is 2. The molecule has 0 bridgehead atoms. The number of hydrogen-bond donors (Lipinski definition) is 3. The first-order valence-electron chi connectivity index (χ1n) is 8.87. The predicted molar refractivity (Wildman–Crippen MR) is 99.4 cm³/mol. The molecule has 8 heteroatoms. The first-order chi connectivity index (χ1) is 12.7. The summed E-state index contributed by atoms with van der Waals surface area (Å²) in [5, 5.41) is 8.67. The smallest absolute Gasteiger partial charge is 0.251 e. The van der Waals surface area contributed by atoms with Gasteiger partial charge in [0, 0.05) is 51.1 Å². The van der Waals surface area contributed by atoms with Crippen LogP contribution in [0.1, 0.15) is 10.4 Å². The number of benzene rings is 1. The average Bonchev–Trinajstić information content (AvgIpc) is 2.66. The van der Waals surface area contributed by atoms with E-state index >= 15 is 0 Å². The normalized spacial score (nSPS) is 14.8. The SMILES string of the molecule is COCCNCC(=O)Nc1ccc(C(=O)NCCN2CCOCC2)cc1. The maximum atomic E-state index is 12.2. The third kappa shape index (κ3) is 7.49. The van der Waals surface area contributed by atoms with Crippen LogP contribution >= 0.6 is 0 Å². The van der Waals surface area contributed by atoms with Gasteiger partial charge in [-0.2, -0.15) is 0 Å². The number of carbonyl (C=O) groups excluding carboxylic acids is 2. The van der Waals surface area contributed by atoms with Crippen LogP contribution in [-0.4, -0.2) is 82.9 Å². The molecule has 0 saturated carbocycles. The summed E-state index contributed by atoms with van der Waals surface area (Å²) in [5.74, 6) is -0.249. The molecule has 2 amide bonds. The Morgan fingerprint density at radius 1 is 1.15 bits per heavy atom. The summed E-state index contributed by atoms with van der Waals surface area (Å²) >= 11 is 0. The summed E-state index contributed by atoms with van der Waals surface area (Å²) in [6, 6.07) is 6.87. The molecular formula is C18H28N4O4. The quantitative estimate of drug-likeness (QED) is 0.503. The third-order valence-corrected chi connectivity index (χ3v) is 4.02. The Morgan fingerprint density at radius 2 is 1.88 bits per heavy atom. The fraction of sp³-hybridized carbons (Fsp3) is 0.556. The van der Waals surface area contributed by atoms with E-state index in [4.69, 9.17) is 9.47 Å². The van der Waals surface area contributed by atoms with Crippen LogP contribution in [0.4, 0.5) is 5.69 Å². The largest absolute Gasteiger partial charge is 0.383 e. The van der Waals surface area contributed by atoms with Crippen LogP contribution in [0.15, 0.2) is 24.3 Å². The number of rotatable bonds is 10. The zero-order chi connectivity index (χ0) is 18.6. The first kappa shape index (κ1) is 20.3. The number of methoxy groups -OCH3 is 1. The van der Waals surface area contributed by atoms with Gasteiger partial charge in [-0.1, -0.05) is 0 Å². The number of nitrogens with one attached hydrogen (secondary N) is 3. The molecule has 0 aliphatic carbocycles. The van der Waals surface area contributed by atoms with E-state index in [0.29, 0.717) is 30.9 Å². The Morgan fingerprint density at radius 3 is 2.58 bits per heavy atom. The Hall–Kier alpha value is -2.00. The monoisotopic (exact) mass is 364 g/mol. The summed E-state index contributed by atoms with van der Waals surface area (Å²) in [5.41, 5.74) is 1.23. The van der Waals surface area contributed by atoms with Crippen LogP contribution in [0.3, 0.4) is 0 Å². The molecule has 0 unspecified atom stereocenters. The lowest BCUT2D eigenvalue weighted by molar-refractivity contribution is -0.115. The molecule has 3 N–H and O–H groups in total. The molecule has 26 heavy (non-hydrogen) atoms. The highest BCUT2D eigenvalue weighted by Crippen LogP contribution is 2.09. The van der Waals surface area contributed by atoms with E-state index in [-0.39, 0.29) is 18.4 Å². The van der Waals surface area contributed by atoms with Crippen LogP contribution in [0.2, 0.25) is 0 Å². The highest BCUT2D eigenvalue weighted by molar-refractivity contribution is 5.96. The molecule has 0 atom stereocenters. The van der Waals surface area contributed by atoms with Crippen molar-refractivity contribution in [2.45, 2.75) is 0 Å². The van der Waals surface area contributed by atoms with Crippen molar-refractivity contribution < 1.29 is 19.1 Å². The van der Waals surface area contributed by atoms with E-state index in [1.165, 1.54) is 0 Å². The molecule has 1 aliphatic rings. The van der Waals surface area contributed by atoms with Gasteiger partial charge in [-0.25, -0.2) is 0 Å². The van der Waals surface area contributed by atoms with Crippen LogP contribution in [-0.2, 0) is 14.3 Å². The van der Waals surface area contributed by atoms with Gasteiger partial charge in [-0.3, -0.25) is 14.5 Å². The molecule has 1 aliphatic heterocycles. The van der Waals surface area contributed by atoms with Crippen molar-refractivity contribution in [2.75, 3.05) is 71.5 Å². The van der Waals surface area contributed by atoms with Gasteiger partial charge in [0.05, 0.1) is 26.4 Å². The van der Waals surface area contributed by atoms with Crippen LogP contribution < -0.4 is 16.0 Å². The van der Waals surface area contributed by atoms with E-state index in [0.717, 1.165) is 32.8 Å². The van der Waals surface area contributed by atoms with Gasteiger partial charge >= 0.3 is 0 Å². The van der Waals surface area contributed by atoms with Crippen molar-refractivity contribution in [3.8, 4) is 0 Å². The van der Waals surface area contributed by atoms with E-state index in [2.05, 4.69) is 20.9 Å². The van der Waals surface area contributed by atoms with Gasteiger partial charge in [0.1, 0.15) is 0 Å². The fourth-order valence-corrected chi connectivity index (χ4v) is 2.54. The molecule has 1 aromatic carbocycles. The second-order valence-corrected chi connectivity index (χ2v) is 6.01. The molecule has 1 aromatic rings. The highest BCUT2D eigenvalue weighted by atomic mass is 16.5. The number of hydrogen-bond acceptors (Lipinski definition) is 6. The molecule has 0 aromatic heterocycles. The summed E-state index contributed by atoms with van der Waals surface area (Å²) in [4.78, 5) is 26.2. The lowest BCUT2D eigenvalue weighted by Gasteiger charge is -2.26. The van der Waals surface area contributed by atoms with Gasteiger partial charge in [0.15, 0.2) is 0 Å². The summed E-state index contributed by atoms with van der Waals surface area (Å²) < 4.78 is 10.2. The van der Waals surface area contributed by atoms with Crippen molar-refractivity contribution in [1.82, 2.24) is 15.5 Å². The second-order valence-electron chi connectivity index (χ2n) is 6.01. The Balaban J connectivity index is 1.68. The number of anilines is 1. The van der Waals surface area contributed by atoms with E-state index in [9.17, 15) is 9.59 Å². The maximum Gasteiger partial charge on any atom is 0.251 e. The zero-order valence-corrected chi connectivity index (χ0v) is 15.3. The first-order valence-corrected chi connectivity index (χ1v) is 8.87. The molecule has 0 spiro atoms. The average molecular weight is 364 g/mol.